The molecule has 4 aliphatic rings. The number of hydrogen-bond acceptors (Lipinski definition) is 6. The van der Waals surface area contributed by atoms with Gasteiger partial charge in [-0.05, 0) is 42.6 Å². The van der Waals surface area contributed by atoms with Crippen LogP contribution in [-0.2, 0) is 23.9 Å². The van der Waals surface area contributed by atoms with Crippen molar-refractivity contribution in [1.29, 1.82) is 0 Å². The van der Waals surface area contributed by atoms with Gasteiger partial charge in [-0.15, -0.1) is 0 Å². The predicted molar refractivity (Wildman–Crippen MR) is 202 cm³/mol. The highest BCUT2D eigenvalue weighted by Crippen LogP contribution is 2.44. The van der Waals surface area contributed by atoms with Crippen LogP contribution in [0.4, 0.5) is 5.69 Å². The topological polar surface area (TPSA) is 117 Å². The summed E-state index contributed by atoms with van der Waals surface area (Å²) < 4.78 is 13.3. The zero-order valence-electron chi connectivity index (χ0n) is 30.0. The summed E-state index contributed by atoms with van der Waals surface area (Å²) in [6.45, 7) is 8.48. The lowest BCUT2D eigenvalue weighted by molar-refractivity contribution is -0.547. The van der Waals surface area contributed by atoms with Crippen molar-refractivity contribution in [2.45, 2.75) is 90.9 Å². The Balaban J connectivity index is 1.44. The number of carbonyl (C=O) groups excluding carboxylic acids is 3. The van der Waals surface area contributed by atoms with Crippen LogP contribution in [0.5, 0.6) is 0 Å². The highest BCUT2D eigenvalue weighted by atomic mass is 31.1. The van der Waals surface area contributed by atoms with Crippen LogP contribution in [0, 0.1) is 0 Å². The molecule has 2 fully saturated rings. The summed E-state index contributed by atoms with van der Waals surface area (Å²) in [5, 5.41) is 18.9. The number of anilines is 1. The second-order valence-electron chi connectivity index (χ2n) is 13.5. The monoisotopic (exact) mass is 704 g/mol. The standard InChI is InChI=1S/C40H54N3O6P/c1-3-5-7-9-11-13-35(44)41-33-27-29(43-19-21-48-22-20-43)15-17-31(33)37-39(46)38(40(37)47)32-18-16-30(50-25-23-49-24-26-50)28-34(32)42-36(45)14-12-10-8-6-4-2/h15-18,27-28H,3-14,19-26H2,1-2H3,(H2,41,42,44,45,46,47)/p+1. The molecule has 0 aromatic heterocycles. The van der Waals surface area contributed by atoms with Crippen LogP contribution in [0.25, 0.3) is 5.57 Å². The highest BCUT2D eigenvalue weighted by Gasteiger charge is 2.40. The van der Waals surface area contributed by atoms with Gasteiger partial charge in [0.2, 0.25) is 23.3 Å². The minimum absolute atomic E-state index is 0.0888. The second kappa shape index (κ2) is 19.3. The van der Waals surface area contributed by atoms with E-state index >= 15 is 0 Å². The van der Waals surface area contributed by atoms with Crippen LogP contribution in [0.3, 0.4) is 0 Å². The Morgan fingerprint density at radius 3 is 2.06 bits per heavy atom. The maximum Gasteiger partial charge on any atom is 0.224 e. The van der Waals surface area contributed by atoms with E-state index < -0.39 is 7.92 Å². The van der Waals surface area contributed by atoms with Crippen LogP contribution < -0.4 is 15.9 Å². The van der Waals surface area contributed by atoms with E-state index in [1.54, 1.807) is 0 Å². The second-order valence-corrected chi connectivity index (χ2v) is 16.0. The molecule has 1 aromatic carbocycles. The molecule has 0 spiro atoms. The van der Waals surface area contributed by atoms with E-state index in [4.69, 9.17) is 9.47 Å². The van der Waals surface area contributed by atoms with Crippen molar-refractivity contribution in [3.63, 3.8) is 0 Å². The number of allylic oxidation sites excluding steroid dienone is 5. The van der Waals surface area contributed by atoms with Gasteiger partial charge >= 0.3 is 0 Å². The number of rotatable bonds is 16. The molecule has 0 atom stereocenters. The zero-order valence-corrected chi connectivity index (χ0v) is 30.9. The fourth-order valence-corrected chi connectivity index (χ4v) is 8.89. The maximum absolute atomic E-state index is 14.0. The van der Waals surface area contributed by atoms with Gasteiger partial charge in [0, 0.05) is 41.8 Å². The van der Waals surface area contributed by atoms with Gasteiger partial charge in [-0.3, -0.25) is 14.4 Å². The number of ketones is 1. The van der Waals surface area contributed by atoms with Gasteiger partial charge in [-0.1, -0.05) is 85.3 Å². The van der Waals surface area contributed by atoms with Crippen LogP contribution in [0.1, 0.15) is 96.5 Å². The normalized spacial score (nSPS) is 19.8. The Morgan fingerprint density at radius 1 is 0.800 bits per heavy atom. The molecule has 2 aliphatic heterocycles. The third-order valence-corrected chi connectivity index (χ3v) is 12.2. The fourth-order valence-electron chi connectivity index (χ4n) is 6.85. The molecule has 0 unspecified atom stereocenters. The van der Waals surface area contributed by atoms with Gasteiger partial charge in [0.15, 0.2) is 13.1 Å². The number of ether oxygens (including phenoxy) is 2. The summed E-state index contributed by atoms with van der Waals surface area (Å²) in [6.07, 6.45) is 18.8. The molecule has 10 heteroatoms. The molecular formula is C40H55N3O6P+. The number of unbranched alkanes of at least 4 members (excludes halogenated alkanes) is 8. The highest BCUT2D eigenvalue weighted by molar-refractivity contribution is 7.65. The number of morpholine rings is 1. The SMILES string of the molecule is CCCCCCCC(=O)NC1=CC(=[N+]2CCOCC2)C=CC1=C1C(=O)C(c2ccc(P3CCOCC3)cc2NC(=O)CCCCCCC)=C1O. The zero-order chi connectivity index (χ0) is 35.3. The van der Waals surface area contributed by atoms with Crippen molar-refractivity contribution in [1.82, 2.24) is 5.32 Å². The Hall–Kier alpha value is -3.39. The van der Waals surface area contributed by atoms with Crippen molar-refractivity contribution in [3.05, 3.63) is 64.6 Å². The quantitative estimate of drug-likeness (QED) is 0.0765. The van der Waals surface area contributed by atoms with Crippen molar-refractivity contribution in [2.24, 2.45) is 0 Å². The Labute approximate surface area is 298 Å². The number of carbonyl (C=O) groups is 3. The average Bonchev–Trinajstić information content (AvgIpc) is 3.13. The first kappa shape index (κ1) is 37.9. The van der Waals surface area contributed by atoms with Crippen LogP contribution in [-0.4, -0.2) is 84.8 Å². The van der Waals surface area contributed by atoms with E-state index in [0.717, 1.165) is 114 Å². The number of aliphatic hydroxyl groups excluding tert-OH is 1. The van der Waals surface area contributed by atoms with E-state index in [-0.39, 0.29) is 34.5 Å². The number of nitrogens with one attached hydrogen (secondary N) is 2. The molecule has 1 aromatic rings. The maximum atomic E-state index is 14.0. The lowest BCUT2D eigenvalue weighted by Gasteiger charge is -2.28. The molecule has 9 nitrogen and oxygen atoms in total. The third kappa shape index (κ3) is 9.89. The summed E-state index contributed by atoms with van der Waals surface area (Å²) in [5.41, 5.74) is 3.38. The summed E-state index contributed by atoms with van der Waals surface area (Å²) in [5.74, 6) is -0.627. The number of nitrogens with zero attached hydrogens (tertiary/aromatic N) is 1. The van der Waals surface area contributed by atoms with Crippen molar-refractivity contribution in [2.75, 3.05) is 57.2 Å². The molecular weight excluding hydrogens is 649 g/mol. The number of amides is 2. The Bertz CT molecular complexity index is 1560. The van der Waals surface area contributed by atoms with Crippen molar-refractivity contribution in [3.8, 4) is 0 Å². The molecule has 2 heterocycles. The first-order valence-electron chi connectivity index (χ1n) is 18.8. The number of Topliss-reactive ketones (excluding diaryl/α,β-unsaturated/α-hetero) is 1. The smallest absolute Gasteiger partial charge is 0.224 e. The summed E-state index contributed by atoms with van der Waals surface area (Å²) >= 11 is 0. The number of benzene rings is 1. The van der Waals surface area contributed by atoms with Crippen LogP contribution in [0.15, 0.2) is 59.0 Å². The van der Waals surface area contributed by atoms with Crippen LogP contribution in [0.2, 0.25) is 0 Å². The van der Waals surface area contributed by atoms with Gasteiger partial charge in [0.25, 0.3) is 0 Å². The molecule has 50 heavy (non-hydrogen) atoms. The molecule has 270 valence electrons. The minimum Gasteiger partial charge on any atom is -0.506 e. The Kier molecular flexibility index (Phi) is 14.6. The lowest BCUT2D eigenvalue weighted by atomic mass is 9.78. The minimum atomic E-state index is -0.438. The van der Waals surface area contributed by atoms with E-state index in [0.29, 0.717) is 48.6 Å². The molecule has 2 saturated heterocycles. The van der Waals surface area contributed by atoms with Crippen LogP contribution >= 0.6 is 7.92 Å². The summed E-state index contributed by atoms with van der Waals surface area (Å²) in [4.78, 5) is 40.3. The van der Waals surface area contributed by atoms with Gasteiger partial charge in [-0.25, -0.2) is 4.58 Å². The first-order chi connectivity index (χ1) is 24.4. The molecule has 2 amide bonds. The van der Waals surface area contributed by atoms with Gasteiger partial charge in [0.05, 0.1) is 30.1 Å². The fraction of sp³-hybridized carbons (Fsp3) is 0.550. The molecule has 0 bridgehead atoms. The predicted octanol–water partition coefficient (Wildman–Crippen LogP) is 6.69. The molecule has 2 aliphatic carbocycles. The van der Waals surface area contributed by atoms with Crippen molar-refractivity contribution >= 4 is 47.8 Å². The summed E-state index contributed by atoms with van der Waals surface area (Å²) in [7, 11) is -0.438. The van der Waals surface area contributed by atoms with Gasteiger partial charge in [-0.2, -0.15) is 0 Å². The first-order valence-corrected chi connectivity index (χ1v) is 20.5. The van der Waals surface area contributed by atoms with E-state index in [9.17, 15) is 19.5 Å². The van der Waals surface area contributed by atoms with Gasteiger partial charge in [0.1, 0.15) is 19.0 Å². The number of aliphatic hydroxyl groups is 1. The molecule has 0 radical (unpaired) electrons. The average molecular weight is 705 g/mol. The largest absolute Gasteiger partial charge is 0.506 e. The molecule has 0 saturated carbocycles. The van der Waals surface area contributed by atoms with E-state index in [1.165, 1.54) is 0 Å². The van der Waals surface area contributed by atoms with E-state index in [1.807, 2.05) is 36.4 Å². The number of hydrogen-bond donors (Lipinski definition) is 3. The van der Waals surface area contributed by atoms with Gasteiger partial charge < -0.3 is 25.2 Å². The third-order valence-electron chi connectivity index (χ3n) is 9.79. The molecule has 3 N–H and O–H groups in total. The van der Waals surface area contributed by atoms with E-state index in [2.05, 4.69) is 29.1 Å². The van der Waals surface area contributed by atoms with Crippen molar-refractivity contribution < 1.29 is 33.5 Å². The lowest BCUT2D eigenvalue weighted by Crippen LogP contribution is -2.35. The summed E-state index contributed by atoms with van der Waals surface area (Å²) in [6, 6.07) is 5.89. The Morgan fingerprint density at radius 2 is 1.42 bits per heavy atom. The molecule has 5 rings (SSSR count).